The summed E-state index contributed by atoms with van der Waals surface area (Å²) in [4.78, 5) is 37.2. The molecule has 2 aliphatic rings. The molecule has 0 bridgehead atoms. The van der Waals surface area contributed by atoms with E-state index in [0.29, 0.717) is 6.42 Å². The lowest BCUT2D eigenvalue weighted by Gasteiger charge is -2.44. The molecule has 2 rings (SSSR count). The van der Waals surface area contributed by atoms with E-state index in [0.717, 1.165) is 0 Å². The summed E-state index contributed by atoms with van der Waals surface area (Å²) >= 11 is 0. The zero-order valence-electron chi connectivity index (χ0n) is 19.9. The van der Waals surface area contributed by atoms with E-state index in [1.165, 1.54) is 26.0 Å². The second-order valence-electron chi connectivity index (χ2n) is 8.53. The SMILES string of the molecule is CC=C(C)C(=O)OC1C(CO)OC(OC2C(=O)OCC2(C)CC)C(O)C1OC(=O)C(C)=CC. The summed E-state index contributed by atoms with van der Waals surface area (Å²) in [5, 5.41) is 21.0. The standard InChI is InChI=1S/C23H34O10/c1-7-12(4)19(26)31-16-14(10-24)30-22(15(25)17(16)32-20(27)13(5)8-2)33-18-21(28)29-11-23(18,6)9-3/h7-8,14-18,22,24-25H,9-11H2,1-6H3. The Kier molecular flexibility index (Phi) is 9.19. The van der Waals surface area contributed by atoms with Crippen LogP contribution in [-0.4, -0.2) is 78.1 Å². The molecule has 0 aliphatic carbocycles. The summed E-state index contributed by atoms with van der Waals surface area (Å²) in [5.41, 5.74) is -0.115. The monoisotopic (exact) mass is 470 g/mol. The lowest BCUT2D eigenvalue weighted by Crippen LogP contribution is -2.62. The Labute approximate surface area is 193 Å². The molecule has 2 N–H and O–H groups in total. The number of cyclic esters (lactones) is 1. The molecule has 2 saturated heterocycles. The Morgan fingerprint density at radius 2 is 1.67 bits per heavy atom. The number of hydrogen-bond donors (Lipinski definition) is 2. The first-order valence-electron chi connectivity index (χ1n) is 11.0. The Balaban J connectivity index is 2.37. The second-order valence-corrected chi connectivity index (χ2v) is 8.53. The Morgan fingerprint density at radius 1 is 1.12 bits per heavy atom. The molecule has 2 aliphatic heterocycles. The van der Waals surface area contributed by atoms with Crippen LogP contribution >= 0.6 is 0 Å². The molecule has 10 nitrogen and oxygen atoms in total. The van der Waals surface area contributed by atoms with Gasteiger partial charge in [0.25, 0.3) is 0 Å². The fraction of sp³-hybridized carbons (Fsp3) is 0.696. The summed E-state index contributed by atoms with van der Waals surface area (Å²) < 4.78 is 27.6. The van der Waals surface area contributed by atoms with Crippen molar-refractivity contribution in [2.45, 2.75) is 84.8 Å². The summed E-state index contributed by atoms with van der Waals surface area (Å²) in [6, 6.07) is 0. The van der Waals surface area contributed by atoms with E-state index in [9.17, 15) is 24.6 Å². The number of aliphatic hydroxyl groups is 2. The van der Waals surface area contributed by atoms with Gasteiger partial charge in [-0.2, -0.15) is 0 Å². The van der Waals surface area contributed by atoms with Crippen LogP contribution < -0.4 is 0 Å². The van der Waals surface area contributed by atoms with Gasteiger partial charge < -0.3 is 33.9 Å². The second kappa shape index (κ2) is 11.2. The molecule has 0 radical (unpaired) electrons. The van der Waals surface area contributed by atoms with Crippen molar-refractivity contribution in [2.24, 2.45) is 5.41 Å². The fourth-order valence-corrected chi connectivity index (χ4v) is 3.41. The van der Waals surface area contributed by atoms with Crippen LogP contribution in [0.15, 0.2) is 23.3 Å². The summed E-state index contributed by atoms with van der Waals surface area (Å²) in [6.07, 6.45) is -4.46. The normalized spacial score (nSPS) is 35.2. The van der Waals surface area contributed by atoms with Crippen LogP contribution in [0.4, 0.5) is 0 Å². The first-order valence-corrected chi connectivity index (χ1v) is 11.0. The highest BCUT2D eigenvalue weighted by Crippen LogP contribution is 2.38. The third-order valence-corrected chi connectivity index (χ3v) is 6.26. The molecule has 0 aromatic heterocycles. The van der Waals surface area contributed by atoms with Gasteiger partial charge in [-0.05, 0) is 34.1 Å². The van der Waals surface area contributed by atoms with Crippen LogP contribution in [0.25, 0.3) is 0 Å². The van der Waals surface area contributed by atoms with E-state index >= 15 is 0 Å². The Morgan fingerprint density at radius 3 is 2.15 bits per heavy atom. The average molecular weight is 471 g/mol. The number of hydrogen-bond acceptors (Lipinski definition) is 10. The van der Waals surface area contributed by atoms with Gasteiger partial charge in [-0.1, -0.05) is 26.0 Å². The topological polar surface area (TPSA) is 138 Å². The molecule has 186 valence electrons. The van der Waals surface area contributed by atoms with Crippen molar-refractivity contribution in [3.05, 3.63) is 23.3 Å². The number of carbonyl (C=O) groups excluding carboxylic acids is 3. The van der Waals surface area contributed by atoms with Crippen LogP contribution in [0.1, 0.15) is 48.0 Å². The van der Waals surface area contributed by atoms with Crippen molar-refractivity contribution in [2.75, 3.05) is 13.2 Å². The van der Waals surface area contributed by atoms with Gasteiger partial charge in [-0.15, -0.1) is 0 Å². The van der Waals surface area contributed by atoms with Gasteiger partial charge in [0.2, 0.25) is 0 Å². The number of carbonyl (C=O) groups is 3. The molecule has 2 heterocycles. The third kappa shape index (κ3) is 5.81. The maximum atomic E-state index is 12.5. The van der Waals surface area contributed by atoms with Crippen LogP contribution in [0.2, 0.25) is 0 Å². The summed E-state index contributed by atoms with van der Waals surface area (Å²) in [6.45, 7) is 9.53. The average Bonchev–Trinajstić information content (AvgIpc) is 3.10. The van der Waals surface area contributed by atoms with E-state index in [-0.39, 0.29) is 17.8 Å². The first kappa shape index (κ1) is 27.0. The van der Waals surface area contributed by atoms with E-state index in [1.807, 2.05) is 6.92 Å². The minimum atomic E-state index is -1.63. The van der Waals surface area contributed by atoms with Gasteiger partial charge in [0.1, 0.15) is 12.2 Å². The van der Waals surface area contributed by atoms with Crippen molar-refractivity contribution >= 4 is 17.9 Å². The highest BCUT2D eigenvalue weighted by molar-refractivity contribution is 5.88. The molecular weight excluding hydrogens is 436 g/mol. The van der Waals surface area contributed by atoms with E-state index < -0.39 is 66.7 Å². The minimum Gasteiger partial charge on any atom is -0.463 e. The van der Waals surface area contributed by atoms with E-state index in [4.69, 9.17) is 23.7 Å². The quantitative estimate of drug-likeness (QED) is 0.302. The van der Waals surface area contributed by atoms with Gasteiger partial charge >= 0.3 is 17.9 Å². The summed E-state index contributed by atoms with van der Waals surface area (Å²) in [5.74, 6) is -2.08. The Bertz CT molecular complexity index is 803. The number of ether oxygens (including phenoxy) is 5. The van der Waals surface area contributed by atoms with E-state index in [1.54, 1.807) is 20.8 Å². The highest BCUT2D eigenvalue weighted by Gasteiger charge is 2.54. The van der Waals surface area contributed by atoms with Gasteiger partial charge in [0.15, 0.2) is 24.6 Å². The van der Waals surface area contributed by atoms with E-state index in [2.05, 4.69) is 0 Å². The number of aliphatic hydroxyl groups excluding tert-OH is 2. The zero-order valence-corrected chi connectivity index (χ0v) is 19.9. The molecule has 0 saturated carbocycles. The predicted octanol–water partition coefficient (Wildman–Crippen LogP) is 1.18. The van der Waals surface area contributed by atoms with Crippen molar-refractivity contribution in [3.63, 3.8) is 0 Å². The molecule has 0 aromatic rings. The fourth-order valence-electron chi connectivity index (χ4n) is 3.41. The smallest absolute Gasteiger partial charge is 0.336 e. The van der Waals surface area contributed by atoms with Crippen molar-refractivity contribution in [1.82, 2.24) is 0 Å². The van der Waals surface area contributed by atoms with Crippen molar-refractivity contribution < 1.29 is 48.3 Å². The lowest BCUT2D eigenvalue weighted by atomic mass is 9.84. The molecule has 10 heteroatoms. The molecule has 0 spiro atoms. The number of allylic oxidation sites excluding steroid dienone is 2. The molecule has 7 atom stereocenters. The first-order chi connectivity index (χ1) is 15.5. The van der Waals surface area contributed by atoms with Crippen LogP contribution in [-0.2, 0) is 38.1 Å². The molecule has 7 unspecified atom stereocenters. The van der Waals surface area contributed by atoms with Crippen LogP contribution in [0.5, 0.6) is 0 Å². The number of esters is 3. The van der Waals surface area contributed by atoms with Gasteiger partial charge in [-0.25, -0.2) is 14.4 Å². The van der Waals surface area contributed by atoms with Gasteiger partial charge in [0.05, 0.1) is 13.2 Å². The molecule has 33 heavy (non-hydrogen) atoms. The highest BCUT2D eigenvalue weighted by atomic mass is 16.7. The molecular formula is C23H34O10. The van der Waals surface area contributed by atoms with Crippen molar-refractivity contribution in [3.8, 4) is 0 Å². The third-order valence-electron chi connectivity index (χ3n) is 6.26. The molecule has 2 fully saturated rings. The maximum Gasteiger partial charge on any atom is 0.336 e. The van der Waals surface area contributed by atoms with Crippen LogP contribution in [0, 0.1) is 5.41 Å². The maximum absolute atomic E-state index is 12.5. The largest absolute Gasteiger partial charge is 0.463 e. The lowest BCUT2D eigenvalue weighted by molar-refractivity contribution is -0.316. The molecule has 0 amide bonds. The Hall–Kier alpha value is -2.27. The number of rotatable bonds is 8. The minimum absolute atomic E-state index is 0.140. The van der Waals surface area contributed by atoms with Gasteiger partial charge in [-0.3, -0.25) is 0 Å². The predicted molar refractivity (Wildman–Crippen MR) is 115 cm³/mol. The zero-order chi connectivity index (χ0) is 24.9. The summed E-state index contributed by atoms with van der Waals surface area (Å²) in [7, 11) is 0. The van der Waals surface area contributed by atoms with Gasteiger partial charge in [0, 0.05) is 16.6 Å². The van der Waals surface area contributed by atoms with Crippen LogP contribution in [0.3, 0.4) is 0 Å². The molecule has 0 aromatic carbocycles. The van der Waals surface area contributed by atoms with Crippen molar-refractivity contribution in [1.29, 1.82) is 0 Å².